The first kappa shape index (κ1) is 17.5. The molecule has 2 rings (SSSR count). The molecule has 0 radical (unpaired) electrons. The van der Waals surface area contributed by atoms with Crippen LogP contribution in [0.25, 0.3) is 0 Å². The molecule has 4 heteroatoms. The topological polar surface area (TPSA) is 46.6 Å². The van der Waals surface area contributed by atoms with Crippen molar-refractivity contribution in [2.45, 2.75) is 83.8 Å². The van der Waals surface area contributed by atoms with Crippen LogP contribution in [0.4, 0.5) is 0 Å². The van der Waals surface area contributed by atoms with Gasteiger partial charge in [0.15, 0.2) is 0 Å². The number of carbonyl (C=O) groups is 2. The third kappa shape index (κ3) is 4.80. The highest BCUT2D eigenvalue weighted by atomic mass is 16.6. The van der Waals surface area contributed by atoms with Gasteiger partial charge in [0.25, 0.3) is 0 Å². The van der Waals surface area contributed by atoms with Crippen LogP contribution >= 0.6 is 0 Å². The monoisotopic (exact) mass is 309 g/mol. The molecule has 1 aliphatic heterocycles. The average Bonchev–Trinajstić information content (AvgIpc) is 2.48. The Balaban J connectivity index is 1.82. The number of carbonyl (C=O) groups excluding carboxylic acids is 2. The first-order valence-corrected chi connectivity index (χ1v) is 8.90. The zero-order valence-electron chi connectivity index (χ0n) is 14.4. The number of hydrogen-bond acceptors (Lipinski definition) is 4. The van der Waals surface area contributed by atoms with Crippen LogP contribution in [0, 0.1) is 5.92 Å². The number of likely N-dealkylation sites (N-methyl/N-ethyl adjacent to an activating group) is 1. The van der Waals surface area contributed by atoms with Crippen molar-refractivity contribution in [1.29, 1.82) is 0 Å². The first-order valence-electron chi connectivity index (χ1n) is 8.90. The summed E-state index contributed by atoms with van der Waals surface area (Å²) in [7, 11) is 0. The molecule has 0 spiro atoms. The van der Waals surface area contributed by atoms with Gasteiger partial charge in [0.2, 0.25) is 0 Å². The van der Waals surface area contributed by atoms with E-state index in [2.05, 4.69) is 4.90 Å². The molecule has 1 saturated heterocycles. The minimum absolute atomic E-state index is 0.214. The van der Waals surface area contributed by atoms with Crippen LogP contribution in [0.2, 0.25) is 0 Å². The summed E-state index contributed by atoms with van der Waals surface area (Å²) in [4.78, 5) is 26.6. The Morgan fingerprint density at radius 2 is 1.95 bits per heavy atom. The molecule has 0 bridgehead atoms. The standard InChI is InChI=1S/C18H31NO3/c1-4-19-13-18(2,3)22-17(21)16(19)12-15(20)11-10-14-8-6-5-7-9-14/h14,16H,4-13H2,1-3H3. The number of esters is 1. The van der Waals surface area contributed by atoms with Gasteiger partial charge in [0, 0.05) is 19.4 Å². The van der Waals surface area contributed by atoms with E-state index in [0.717, 1.165) is 18.9 Å². The van der Waals surface area contributed by atoms with E-state index < -0.39 is 5.60 Å². The van der Waals surface area contributed by atoms with Crippen molar-refractivity contribution in [2.24, 2.45) is 5.92 Å². The summed E-state index contributed by atoms with van der Waals surface area (Å²) in [6.07, 6.45) is 8.45. The van der Waals surface area contributed by atoms with Gasteiger partial charge in [-0.2, -0.15) is 0 Å². The Kier molecular flexibility index (Phi) is 6.01. The van der Waals surface area contributed by atoms with Gasteiger partial charge in [-0.25, -0.2) is 0 Å². The maximum Gasteiger partial charge on any atom is 0.324 e. The largest absolute Gasteiger partial charge is 0.457 e. The predicted molar refractivity (Wildman–Crippen MR) is 86.6 cm³/mol. The molecule has 0 aromatic carbocycles. The maximum absolute atomic E-state index is 12.3. The molecule has 1 heterocycles. The average molecular weight is 309 g/mol. The highest BCUT2D eigenvalue weighted by Crippen LogP contribution is 2.28. The molecule has 2 fully saturated rings. The van der Waals surface area contributed by atoms with E-state index in [9.17, 15) is 9.59 Å². The van der Waals surface area contributed by atoms with Crippen LogP contribution < -0.4 is 0 Å². The number of nitrogens with zero attached hydrogens (tertiary/aromatic N) is 1. The summed E-state index contributed by atoms with van der Waals surface area (Å²) in [5.74, 6) is 0.701. The summed E-state index contributed by atoms with van der Waals surface area (Å²) in [6, 6.07) is -0.378. The van der Waals surface area contributed by atoms with E-state index >= 15 is 0 Å². The van der Waals surface area contributed by atoms with Crippen LogP contribution in [0.5, 0.6) is 0 Å². The maximum atomic E-state index is 12.3. The van der Waals surface area contributed by atoms with Gasteiger partial charge in [0.1, 0.15) is 17.4 Å². The molecule has 2 aliphatic rings. The molecule has 1 atom stereocenters. The summed E-state index contributed by atoms with van der Waals surface area (Å²) < 4.78 is 5.48. The van der Waals surface area contributed by atoms with E-state index in [1.165, 1.54) is 32.1 Å². The van der Waals surface area contributed by atoms with E-state index in [4.69, 9.17) is 4.74 Å². The molecule has 1 saturated carbocycles. The van der Waals surface area contributed by atoms with E-state index in [1.54, 1.807) is 0 Å². The lowest BCUT2D eigenvalue weighted by Gasteiger charge is -2.41. The molecule has 0 amide bonds. The second-order valence-corrected chi connectivity index (χ2v) is 7.55. The van der Waals surface area contributed by atoms with Crippen molar-refractivity contribution in [3.05, 3.63) is 0 Å². The molecule has 22 heavy (non-hydrogen) atoms. The Labute approximate surface area is 134 Å². The van der Waals surface area contributed by atoms with Crippen molar-refractivity contribution >= 4 is 11.8 Å². The van der Waals surface area contributed by atoms with Gasteiger partial charge in [-0.1, -0.05) is 39.0 Å². The zero-order chi connectivity index (χ0) is 16.2. The lowest BCUT2D eigenvalue weighted by molar-refractivity contribution is -0.178. The Bertz CT molecular complexity index is 399. The third-order valence-corrected chi connectivity index (χ3v) is 5.06. The van der Waals surface area contributed by atoms with Crippen LogP contribution in [0.1, 0.15) is 72.1 Å². The summed E-state index contributed by atoms with van der Waals surface area (Å²) in [5, 5.41) is 0. The molecule has 0 N–H and O–H groups in total. The third-order valence-electron chi connectivity index (χ3n) is 5.06. The second-order valence-electron chi connectivity index (χ2n) is 7.55. The summed E-state index contributed by atoms with van der Waals surface area (Å²) >= 11 is 0. The molecule has 4 nitrogen and oxygen atoms in total. The van der Waals surface area contributed by atoms with Gasteiger partial charge in [-0.15, -0.1) is 0 Å². The van der Waals surface area contributed by atoms with Crippen molar-refractivity contribution in [3.8, 4) is 0 Å². The van der Waals surface area contributed by atoms with Crippen LogP contribution in [0.15, 0.2) is 0 Å². The number of morpholine rings is 1. The second kappa shape index (κ2) is 7.58. The number of ketones is 1. The van der Waals surface area contributed by atoms with Gasteiger partial charge in [-0.3, -0.25) is 14.5 Å². The molecule has 0 aromatic heterocycles. The van der Waals surface area contributed by atoms with Crippen molar-refractivity contribution in [2.75, 3.05) is 13.1 Å². The Morgan fingerprint density at radius 1 is 1.27 bits per heavy atom. The van der Waals surface area contributed by atoms with Gasteiger partial charge >= 0.3 is 5.97 Å². The van der Waals surface area contributed by atoms with Crippen LogP contribution in [0.3, 0.4) is 0 Å². The first-order chi connectivity index (χ1) is 10.4. The van der Waals surface area contributed by atoms with Gasteiger partial charge in [-0.05, 0) is 32.7 Å². The Morgan fingerprint density at radius 3 is 2.59 bits per heavy atom. The highest BCUT2D eigenvalue weighted by molar-refractivity contribution is 5.87. The normalized spacial score (nSPS) is 26.7. The SMILES string of the molecule is CCN1CC(C)(C)OC(=O)C1CC(=O)CCC1CCCCC1. The number of cyclic esters (lactones) is 1. The molecule has 126 valence electrons. The van der Waals surface area contributed by atoms with Crippen molar-refractivity contribution < 1.29 is 14.3 Å². The minimum Gasteiger partial charge on any atom is -0.457 e. The predicted octanol–water partition coefficient (Wildman–Crippen LogP) is 3.33. The molecular weight excluding hydrogens is 278 g/mol. The quantitative estimate of drug-likeness (QED) is 0.706. The molecular formula is C18H31NO3. The molecule has 1 aliphatic carbocycles. The number of hydrogen-bond donors (Lipinski definition) is 0. The Hall–Kier alpha value is -0.900. The fourth-order valence-corrected chi connectivity index (χ4v) is 3.82. The number of Topliss-reactive ketones (excluding diaryl/α,β-unsaturated/α-hetero) is 1. The van der Waals surface area contributed by atoms with E-state index in [0.29, 0.717) is 19.4 Å². The molecule has 1 unspecified atom stereocenters. The summed E-state index contributed by atoms with van der Waals surface area (Å²) in [5.41, 5.74) is -0.450. The lowest BCUT2D eigenvalue weighted by atomic mass is 9.85. The summed E-state index contributed by atoms with van der Waals surface area (Å²) in [6.45, 7) is 7.37. The van der Waals surface area contributed by atoms with Crippen molar-refractivity contribution in [1.82, 2.24) is 4.90 Å². The zero-order valence-corrected chi connectivity index (χ0v) is 14.4. The van der Waals surface area contributed by atoms with Gasteiger partial charge < -0.3 is 4.74 Å². The van der Waals surface area contributed by atoms with Crippen molar-refractivity contribution in [3.63, 3.8) is 0 Å². The van der Waals surface area contributed by atoms with E-state index in [-0.39, 0.29) is 17.8 Å². The van der Waals surface area contributed by atoms with E-state index in [1.807, 2.05) is 20.8 Å². The highest BCUT2D eigenvalue weighted by Gasteiger charge is 2.40. The van der Waals surface area contributed by atoms with Gasteiger partial charge in [0.05, 0.1) is 0 Å². The van der Waals surface area contributed by atoms with Crippen LogP contribution in [-0.2, 0) is 14.3 Å². The minimum atomic E-state index is -0.450. The van der Waals surface area contributed by atoms with Crippen LogP contribution in [-0.4, -0.2) is 41.4 Å². The lowest BCUT2D eigenvalue weighted by Crippen LogP contribution is -2.57. The number of ether oxygens (including phenoxy) is 1. The fourth-order valence-electron chi connectivity index (χ4n) is 3.82. The smallest absolute Gasteiger partial charge is 0.324 e. The fraction of sp³-hybridized carbons (Fsp3) is 0.889. The number of rotatable bonds is 6. The molecule has 0 aromatic rings.